The summed E-state index contributed by atoms with van der Waals surface area (Å²) in [6.07, 6.45) is 0. The number of nitro benzene ring substituents is 1. The van der Waals surface area contributed by atoms with Crippen LogP contribution in [-0.2, 0) is 6.54 Å². The lowest BCUT2D eigenvalue weighted by Crippen LogP contribution is -2.12. The second-order valence-corrected chi connectivity index (χ2v) is 4.79. The molecule has 0 fully saturated rings. The minimum absolute atomic E-state index is 0.00742. The van der Waals surface area contributed by atoms with Crippen molar-refractivity contribution in [1.82, 2.24) is 0 Å². The fraction of sp³-hybridized carbons (Fsp3) is 0.133. The molecule has 9 heteroatoms. The van der Waals surface area contributed by atoms with Gasteiger partial charge in [0.2, 0.25) is 5.91 Å². The Labute approximate surface area is 135 Å². The molecule has 0 aliphatic rings. The number of benzene rings is 2. The molecule has 3 N–H and O–H groups in total. The quantitative estimate of drug-likeness (QED) is 0.622. The molecule has 0 bridgehead atoms. The lowest BCUT2D eigenvalue weighted by atomic mass is 10.1. The molecule has 0 heterocycles. The maximum absolute atomic E-state index is 13.6. The maximum Gasteiger partial charge on any atom is 0.275 e. The maximum atomic E-state index is 13.6. The highest BCUT2D eigenvalue weighted by Crippen LogP contribution is 2.27. The summed E-state index contributed by atoms with van der Waals surface area (Å²) >= 11 is 0. The first-order valence-electron chi connectivity index (χ1n) is 6.67. The Morgan fingerprint density at radius 3 is 2.42 bits per heavy atom. The van der Waals surface area contributed by atoms with Crippen molar-refractivity contribution in [1.29, 1.82) is 0 Å². The number of amides is 1. The van der Waals surface area contributed by atoms with E-state index in [4.69, 9.17) is 5.73 Å². The van der Waals surface area contributed by atoms with Crippen molar-refractivity contribution in [3.8, 4) is 5.75 Å². The number of nitro groups is 1. The third kappa shape index (κ3) is 3.57. The number of carbonyl (C=O) groups excluding carboxylic acids is 1. The summed E-state index contributed by atoms with van der Waals surface area (Å²) in [5, 5.41) is 13.8. The zero-order valence-electron chi connectivity index (χ0n) is 12.5. The van der Waals surface area contributed by atoms with Crippen LogP contribution in [0.5, 0.6) is 5.75 Å². The van der Waals surface area contributed by atoms with Gasteiger partial charge in [-0.15, -0.1) is 0 Å². The van der Waals surface area contributed by atoms with Crippen molar-refractivity contribution in [3.63, 3.8) is 0 Å². The lowest BCUT2D eigenvalue weighted by molar-refractivity contribution is -0.385. The van der Waals surface area contributed by atoms with Gasteiger partial charge >= 0.3 is 0 Å². The van der Waals surface area contributed by atoms with Gasteiger partial charge in [-0.25, -0.2) is 8.78 Å². The fourth-order valence-electron chi connectivity index (χ4n) is 2.09. The highest BCUT2D eigenvalue weighted by Gasteiger charge is 2.17. The molecule has 126 valence electrons. The zero-order chi connectivity index (χ0) is 17.9. The lowest BCUT2D eigenvalue weighted by Gasteiger charge is -2.10. The Morgan fingerprint density at radius 2 is 1.92 bits per heavy atom. The molecule has 0 aliphatic heterocycles. The van der Waals surface area contributed by atoms with Gasteiger partial charge in [0.1, 0.15) is 0 Å². The summed E-state index contributed by atoms with van der Waals surface area (Å²) in [6.45, 7) is -0.0828. The molecule has 7 nitrogen and oxygen atoms in total. The summed E-state index contributed by atoms with van der Waals surface area (Å²) in [5.41, 5.74) is 5.06. The average molecular weight is 337 g/mol. The van der Waals surface area contributed by atoms with Gasteiger partial charge in [-0.3, -0.25) is 14.9 Å². The predicted octanol–water partition coefficient (Wildman–Crippen LogP) is 2.59. The Hall–Kier alpha value is -3.23. The van der Waals surface area contributed by atoms with Gasteiger partial charge in [0.25, 0.3) is 5.69 Å². The van der Waals surface area contributed by atoms with Gasteiger partial charge in [-0.1, -0.05) is 0 Å². The van der Waals surface area contributed by atoms with Gasteiger partial charge in [-0.2, -0.15) is 0 Å². The summed E-state index contributed by atoms with van der Waals surface area (Å²) in [5.74, 6) is -3.12. The minimum Gasteiger partial charge on any atom is -0.491 e. The molecule has 2 rings (SSSR count). The van der Waals surface area contributed by atoms with E-state index < -0.39 is 28.2 Å². The molecule has 0 radical (unpaired) electrons. The van der Waals surface area contributed by atoms with Gasteiger partial charge in [0.05, 0.1) is 12.0 Å². The summed E-state index contributed by atoms with van der Waals surface area (Å²) < 4.78 is 31.8. The standard InChI is InChI=1S/C15H13F2N3O4/c1-24-14-11(16)5-10(6-12(14)17)19-7-9-3-2-8(15(18)21)4-13(9)20(22)23/h2-6,19H,7H2,1H3,(H2,18,21). The molecule has 0 saturated heterocycles. The zero-order valence-corrected chi connectivity index (χ0v) is 12.5. The second-order valence-electron chi connectivity index (χ2n) is 4.79. The van der Waals surface area contributed by atoms with Crippen LogP contribution in [-0.4, -0.2) is 17.9 Å². The molecule has 0 spiro atoms. The largest absolute Gasteiger partial charge is 0.491 e. The number of nitrogens with two attached hydrogens (primary N) is 1. The van der Waals surface area contributed by atoms with Crippen molar-refractivity contribution in [2.75, 3.05) is 12.4 Å². The van der Waals surface area contributed by atoms with Crippen LogP contribution in [0.3, 0.4) is 0 Å². The minimum atomic E-state index is -0.904. The fourth-order valence-corrected chi connectivity index (χ4v) is 2.09. The van der Waals surface area contributed by atoms with Crippen LogP contribution >= 0.6 is 0 Å². The van der Waals surface area contributed by atoms with E-state index >= 15 is 0 Å². The molecule has 0 saturated carbocycles. The number of hydrogen-bond donors (Lipinski definition) is 2. The van der Waals surface area contributed by atoms with E-state index in [1.54, 1.807) is 0 Å². The first kappa shape index (κ1) is 17.1. The Balaban J connectivity index is 2.26. The van der Waals surface area contributed by atoms with Crippen LogP contribution in [0.2, 0.25) is 0 Å². The van der Waals surface area contributed by atoms with E-state index in [0.29, 0.717) is 0 Å². The Morgan fingerprint density at radius 1 is 1.29 bits per heavy atom. The van der Waals surface area contributed by atoms with Crippen molar-refractivity contribution < 1.29 is 23.2 Å². The number of primary amides is 1. The van der Waals surface area contributed by atoms with Crippen molar-refractivity contribution >= 4 is 17.3 Å². The van der Waals surface area contributed by atoms with Gasteiger partial charge in [0.15, 0.2) is 17.4 Å². The monoisotopic (exact) mass is 337 g/mol. The van der Waals surface area contributed by atoms with E-state index in [9.17, 15) is 23.7 Å². The van der Waals surface area contributed by atoms with Crippen LogP contribution in [0.25, 0.3) is 0 Å². The van der Waals surface area contributed by atoms with Crippen molar-refractivity contribution in [3.05, 3.63) is 63.2 Å². The predicted molar refractivity (Wildman–Crippen MR) is 81.9 cm³/mol. The molecule has 2 aromatic carbocycles. The van der Waals surface area contributed by atoms with E-state index in [-0.39, 0.29) is 29.0 Å². The average Bonchev–Trinajstić information content (AvgIpc) is 2.52. The van der Waals surface area contributed by atoms with Crippen LogP contribution in [0, 0.1) is 21.7 Å². The normalized spacial score (nSPS) is 10.3. The molecule has 0 atom stereocenters. The Kier molecular flexibility index (Phi) is 4.93. The number of halogens is 2. The van der Waals surface area contributed by atoms with Gasteiger partial charge in [-0.05, 0) is 12.1 Å². The van der Waals surface area contributed by atoms with E-state index in [2.05, 4.69) is 10.1 Å². The van der Waals surface area contributed by atoms with Gasteiger partial charge < -0.3 is 15.8 Å². The molecule has 1 amide bonds. The molecular formula is C15H13F2N3O4. The molecule has 24 heavy (non-hydrogen) atoms. The number of nitrogens with zero attached hydrogens (tertiary/aromatic N) is 1. The Bertz CT molecular complexity index is 788. The number of nitrogens with one attached hydrogen (secondary N) is 1. The smallest absolute Gasteiger partial charge is 0.275 e. The van der Waals surface area contributed by atoms with Crippen LogP contribution in [0.4, 0.5) is 20.2 Å². The van der Waals surface area contributed by atoms with Gasteiger partial charge in [0, 0.05) is 41.6 Å². The van der Waals surface area contributed by atoms with Crippen LogP contribution in [0.15, 0.2) is 30.3 Å². The number of carbonyl (C=O) groups is 1. The second kappa shape index (κ2) is 6.90. The first-order valence-corrected chi connectivity index (χ1v) is 6.67. The number of hydrogen-bond acceptors (Lipinski definition) is 5. The number of anilines is 1. The SMILES string of the molecule is COc1c(F)cc(NCc2ccc(C(N)=O)cc2[N+](=O)[O-])cc1F. The molecule has 2 aromatic rings. The molecule has 0 aliphatic carbocycles. The molecule has 0 aromatic heterocycles. The third-order valence-corrected chi connectivity index (χ3v) is 3.25. The highest BCUT2D eigenvalue weighted by atomic mass is 19.1. The number of rotatable bonds is 6. The number of methoxy groups -OCH3 is 1. The molecule has 0 unspecified atom stereocenters. The van der Waals surface area contributed by atoms with Crippen molar-refractivity contribution in [2.24, 2.45) is 5.73 Å². The van der Waals surface area contributed by atoms with E-state index in [1.807, 2.05) is 0 Å². The van der Waals surface area contributed by atoms with Crippen LogP contribution in [0.1, 0.15) is 15.9 Å². The highest BCUT2D eigenvalue weighted by molar-refractivity contribution is 5.93. The van der Waals surface area contributed by atoms with E-state index in [0.717, 1.165) is 25.3 Å². The third-order valence-electron chi connectivity index (χ3n) is 3.25. The summed E-state index contributed by atoms with van der Waals surface area (Å²) in [7, 11) is 1.14. The summed E-state index contributed by atoms with van der Waals surface area (Å²) in [6, 6.07) is 5.74. The number of ether oxygens (including phenoxy) is 1. The topological polar surface area (TPSA) is 107 Å². The molecular weight excluding hydrogens is 324 g/mol. The van der Waals surface area contributed by atoms with Crippen LogP contribution < -0.4 is 15.8 Å². The summed E-state index contributed by atoms with van der Waals surface area (Å²) in [4.78, 5) is 21.5. The van der Waals surface area contributed by atoms with E-state index in [1.165, 1.54) is 12.1 Å². The first-order chi connectivity index (χ1) is 11.3. The van der Waals surface area contributed by atoms with Crippen molar-refractivity contribution in [2.45, 2.75) is 6.54 Å².